The molecule has 1 heterocycles. The molecule has 0 saturated carbocycles. The molecular weight excluding hydrogens is 672 g/mol. The predicted octanol–water partition coefficient (Wildman–Crippen LogP) is 6.00. The summed E-state index contributed by atoms with van der Waals surface area (Å²) in [5.41, 5.74) is 0.205. The Bertz CT molecular complexity index is 1650. The lowest BCUT2D eigenvalue weighted by atomic mass is 9.99. The van der Waals surface area contributed by atoms with Gasteiger partial charge in [0, 0.05) is 12.1 Å². The minimum Gasteiger partial charge on any atom is -0.491 e. The van der Waals surface area contributed by atoms with E-state index in [1.165, 1.54) is 0 Å². The molecule has 4 amide bonds. The fraction of sp³-hybridized carbons (Fsp3) is 0.436. The maximum atomic E-state index is 13.9. The van der Waals surface area contributed by atoms with Crippen LogP contribution in [0.4, 0.5) is 0 Å². The third-order valence-electron chi connectivity index (χ3n) is 8.32. The van der Waals surface area contributed by atoms with Gasteiger partial charge in [-0.15, -0.1) is 0 Å². The zero-order chi connectivity index (χ0) is 37.1. The van der Waals surface area contributed by atoms with Gasteiger partial charge in [0.15, 0.2) is 11.5 Å². The second kappa shape index (κ2) is 18.5. The number of hydrogen-bond donors (Lipinski definition) is 3. The van der Waals surface area contributed by atoms with E-state index in [1.807, 2.05) is 19.9 Å². The van der Waals surface area contributed by atoms with Crippen molar-refractivity contribution in [1.82, 2.24) is 20.9 Å². The number of benzene rings is 3. The number of amides is 4. The number of nitrogens with one attached hydrogen (secondary N) is 3. The molecule has 0 bridgehead atoms. The van der Waals surface area contributed by atoms with Gasteiger partial charge >= 0.3 is 0 Å². The van der Waals surface area contributed by atoms with Crippen molar-refractivity contribution >= 4 is 35.2 Å². The maximum absolute atomic E-state index is 13.9. The Balaban J connectivity index is 1.53. The van der Waals surface area contributed by atoms with E-state index < -0.39 is 42.3 Å². The molecule has 11 nitrogen and oxygen atoms in total. The van der Waals surface area contributed by atoms with E-state index in [0.717, 1.165) is 0 Å². The monoisotopic (exact) mass is 720 g/mol. The van der Waals surface area contributed by atoms with E-state index in [1.54, 1.807) is 85.6 Å². The largest absolute Gasteiger partial charge is 0.491 e. The second-order valence-corrected chi connectivity index (χ2v) is 14.2. The molecule has 4 rings (SSSR count). The van der Waals surface area contributed by atoms with Crippen LogP contribution < -0.4 is 30.2 Å². The lowest BCUT2D eigenvalue weighted by molar-refractivity contribution is -0.138. The molecule has 4 atom stereocenters. The highest BCUT2D eigenvalue weighted by Crippen LogP contribution is 2.32. The smallest absolute Gasteiger partial charge is 0.255 e. The quantitative estimate of drug-likeness (QED) is 0.221. The number of hydrogen-bond acceptors (Lipinski definition) is 7. The van der Waals surface area contributed by atoms with Crippen molar-refractivity contribution in [3.8, 4) is 23.0 Å². The minimum absolute atomic E-state index is 0.0606. The fourth-order valence-corrected chi connectivity index (χ4v) is 5.86. The number of rotatable bonds is 11. The Hall–Kier alpha value is -4.77. The highest BCUT2D eigenvalue weighted by molar-refractivity contribution is 6.30. The molecule has 0 aromatic heterocycles. The molecule has 0 aliphatic carbocycles. The van der Waals surface area contributed by atoms with Gasteiger partial charge in [0.2, 0.25) is 17.7 Å². The average Bonchev–Trinajstić information content (AvgIpc) is 3.08. The van der Waals surface area contributed by atoms with Gasteiger partial charge in [0.25, 0.3) is 5.91 Å². The van der Waals surface area contributed by atoms with E-state index in [9.17, 15) is 19.2 Å². The number of nitrogens with zero attached hydrogens (tertiary/aromatic N) is 1. The Morgan fingerprint density at radius 2 is 1.55 bits per heavy atom. The second-order valence-electron chi connectivity index (χ2n) is 13.7. The van der Waals surface area contributed by atoms with Crippen molar-refractivity contribution in [2.45, 2.75) is 78.0 Å². The summed E-state index contributed by atoms with van der Waals surface area (Å²) in [7, 11) is 1.71. The van der Waals surface area contributed by atoms with Crippen LogP contribution in [-0.2, 0) is 14.4 Å². The summed E-state index contributed by atoms with van der Waals surface area (Å²) in [5, 5.41) is 9.04. The van der Waals surface area contributed by atoms with Gasteiger partial charge in [-0.1, -0.05) is 63.6 Å². The molecule has 1 aliphatic rings. The zero-order valence-electron chi connectivity index (χ0n) is 30.1. The van der Waals surface area contributed by atoms with Gasteiger partial charge in [-0.3, -0.25) is 19.2 Å². The predicted molar refractivity (Wildman–Crippen MR) is 196 cm³/mol. The molecule has 51 heavy (non-hydrogen) atoms. The molecule has 0 spiro atoms. The number of para-hydroxylation sites is 3. The van der Waals surface area contributed by atoms with Crippen molar-refractivity contribution in [3.05, 3.63) is 83.4 Å². The van der Waals surface area contributed by atoms with Crippen LogP contribution in [0.25, 0.3) is 0 Å². The van der Waals surface area contributed by atoms with Gasteiger partial charge in [0.1, 0.15) is 36.8 Å². The van der Waals surface area contributed by atoms with Crippen molar-refractivity contribution < 1.29 is 33.4 Å². The average molecular weight is 721 g/mol. The molecule has 1 aliphatic heterocycles. The lowest BCUT2D eigenvalue weighted by Crippen LogP contribution is -2.55. The van der Waals surface area contributed by atoms with Gasteiger partial charge < -0.3 is 35.1 Å². The van der Waals surface area contributed by atoms with Crippen LogP contribution in [0.3, 0.4) is 0 Å². The standard InChI is InChI=1S/C39H49ClN4O7/c1-24(2)19-28-23-50-33-12-8-7-11-30(33)37(46)43-31(21-36(45)42-32(20-25(3)4)39(48)44(28)6)38(47)41-26(5)22-49-34-13-9-10-14-35(34)51-29-17-15-27(40)16-18-29/h7-18,24-26,28,31-32H,19-23H2,1-6H3,(H,41,47)(H,42,45)(H,43,46)/t26-,28-,31+,32+/m1/s1. The van der Waals surface area contributed by atoms with Gasteiger partial charge in [-0.25, -0.2) is 0 Å². The molecule has 12 heteroatoms. The highest BCUT2D eigenvalue weighted by atomic mass is 35.5. The first-order chi connectivity index (χ1) is 24.3. The summed E-state index contributed by atoms with van der Waals surface area (Å²) < 4.78 is 18.2. The van der Waals surface area contributed by atoms with Crippen LogP contribution in [-0.4, -0.2) is 73.0 Å². The number of carbonyl (C=O) groups is 4. The SMILES string of the molecule is CC(C)C[C@@H]1COc2ccccc2C(=O)N[C@H](C(=O)N[C@H](C)COc2ccccc2Oc2ccc(Cl)cc2)CC(=O)N[C@@H](CC(C)C)C(=O)N1C. The first-order valence-corrected chi connectivity index (χ1v) is 17.7. The highest BCUT2D eigenvalue weighted by Gasteiger charge is 2.33. The molecule has 3 aromatic carbocycles. The van der Waals surface area contributed by atoms with Gasteiger partial charge in [-0.2, -0.15) is 0 Å². The third-order valence-corrected chi connectivity index (χ3v) is 8.57. The molecule has 0 fully saturated rings. The Labute approximate surface area is 305 Å². The molecule has 3 N–H and O–H groups in total. The van der Waals surface area contributed by atoms with Crippen molar-refractivity contribution in [2.24, 2.45) is 11.8 Å². The Morgan fingerprint density at radius 3 is 2.24 bits per heavy atom. The van der Waals surface area contributed by atoms with Crippen molar-refractivity contribution in [3.63, 3.8) is 0 Å². The lowest BCUT2D eigenvalue weighted by Gasteiger charge is -2.33. The topological polar surface area (TPSA) is 135 Å². The summed E-state index contributed by atoms with van der Waals surface area (Å²) in [6.45, 7) is 10.0. The number of carbonyl (C=O) groups excluding carboxylic acids is 4. The Kier molecular flexibility index (Phi) is 14.1. The first-order valence-electron chi connectivity index (χ1n) is 17.3. The first kappa shape index (κ1) is 39.0. The van der Waals surface area contributed by atoms with E-state index >= 15 is 0 Å². The molecule has 0 saturated heterocycles. The van der Waals surface area contributed by atoms with Crippen LogP contribution in [0, 0.1) is 11.8 Å². The maximum Gasteiger partial charge on any atom is 0.255 e. The summed E-state index contributed by atoms with van der Waals surface area (Å²) in [6.07, 6.45) is 0.658. The molecule has 274 valence electrons. The normalized spacial score (nSPS) is 19.3. The molecule has 0 unspecified atom stereocenters. The van der Waals surface area contributed by atoms with Gasteiger partial charge in [-0.05, 0) is 80.1 Å². The number of halogens is 1. The molecule has 0 radical (unpaired) electrons. The van der Waals surface area contributed by atoms with Crippen LogP contribution >= 0.6 is 11.6 Å². The minimum atomic E-state index is -1.27. The molecule has 3 aromatic rings. The van der Waals surface area contributed by atoms with Gasteiger partial charge in [0.05, 0.1) is 24.1 Å². The van der Waals surface area contributed by atoms with Crippen LogP contribution in [0.5, 0.6) is 23.0 Å². The third kappa shape index (κ3) is 11.6. The number of fused-ring (bicyclic) bond motifs is 1. The van der Waals surface area contributed by atoms with E-state index in [-0.39, 0.29) is 42.6 Å². The number of ether oxygens (including phenoxy) is 3. The summed E-state index contributed by atoms with van der Waals surface area (Å²) in [5.74, 6) is 0.223. The fourth-order valence-electron chi connectivity index (χ4n) is 5.73. The van der Waals surface area contributed by atoms with Crippen molar-refractivity contribution in [2.75, 3.05) is 20.3 Å². The Morgan fingerprint density at radius 1 is 0.902 bits per heavy atom. The van der Waals surface area contributed by atoms with Crippen molar-refractivity contribution in [1.29, 1.82) is 0 Å². The van der Waals surface area contributed by atoms with E-state index in [4.69, 9.17) is 25.8 Å². The molecular formula is C39H49ClN4O7. The van der Waals surface area contributed by atoms with E-state index in [0.29, 0.717) is 40.9 Å². The summed E-state index contributed by atoms with van der Waals surface area (Å²) >= 11 is 6.00. The zero-order valence-corrected chi connectivity index (χ0v) is 30.9. The van der Waals surface area contributed by atoms with Crippen LogP contribution in [0.1, 0.15) is 64.2 Å². The summed E-state index contributed by atoms with van der Waals surface area (Å²) in [4.78, 5) is 56.4. The number of likely N-dealkylation sites (N-methyl/N-ethyl adjacent to an activating group) is 1. The summed E-state index contributed by atoms with van der Waals surface area (Å²) in [6, 6.07) is 17.8. The van der Waals surface area contributed by atoms with Crippen LogP contribution in [0.2, 0.25) is 5.02 Å². The van der Waals surface area contributed by atoms with E-state index in [2.05, 4.69) is 29.8 Å². The van der Waals surface area contributed by atoms with Crippen LogP contribution in [0.15, 0.2) is 72.8 Å².